The topological polar surface area (TPSA) is 46.4 Å². The Kier molecular flexibility index (Phi) is 4.56. The van der Waals surface area contributed by atoms with Crippen LogP contribution in [0.25, 0.3) is 5.65 Å². The molecule has 0 aliphatic heterocycles. The minimum atomic E-state index is -0.269. The number of hydrogen-bond donors (Lipinski definition) is 1. The average molecular weight is 315 g/mol. The summed E-state index contributed by atoms with van der Waals surface area (Å²) in [5.41, 5.74) is 3.37. The third-order valence-corrected chi connectivity index (χ3v) is 3.83. The van der Waals surface area contributed by atoms with E-state index in [4.69, 9.17) is 0 Å². The fourth-order valence-corrected chi connectivity index (χ4v) is 3.42. The normalized spacial score (nSPS) is 12.7. The van der Waals surface area contributed by atoms with Crippen molar-refractivity contribution in [2.45, 2.75) is 66.8 Å². The Hall–Kier alpha value is -1.84. The van der Waals surface area contributed by atoms with Gasteiger partial charge in [-0.05, 0) is 56.7 Å². The van der Waals surface area contributed by atoms with E-state index in [1.165, 1.54) is 0 Å². The maximum Gasteiger partial charge on any atom is 0.270 e. The number of pyridine rings is 1. The number of nitrogens with one attached hydrogen (secondary N) is 1. The number of hydrogen-bond acceptors (Lipinski definition) is 2. The molecule has 1 N–H and O–H groups in total. The Morgan fingerprint density at radius 2 is 1.91 bits per heavy atom. The molecule has 23 heavy (non-hydrogen) atoms. The molecular weight excluding hydrogens is 286 g/mol. The summed E-state index contributed by atoms with van der Waals surface area (Å²) in [6.45, 7) is 14.8. The van der Waals surface area contributed by atoms with Crippen LogP contribution in [0.15, 0.2) is 18.3 Å². The summed E-state index contributed by atoms with van der Waals surface area (Å²) < 4.78 is 1.90. The fraction of sp³-hybridized carbons (Fsp3) is 0.579. The third kappa shape index (κ3) is 4.12. The first-order chi connectivity index (χ1) is 10.5. The van der Waals surface area contributed by atoms with Gasteiger partial charge in [0.2, 0.25) is 0 Å². The van der Waals surface area contributed by atoms with E-state index < -0.39 is 0 Å². The SMILES string of the molecule is CCc1nc2cc(C)ccn2c1C(=O)NC(C)(C)CC(C)(C)C. The Morgan fingerprint density at radius 1 is 1.26 bits per heavy atom. The number of carbonyl (C=O) groups is 1. The van der Waals surface area contributed by atoms with Crippen LogP contribution in [0.2, 0.25) is 0 Å². The number of aromatic nitrogens is 2. The maximum atomic E-state index is 12.9. The average Bonchev–Trinajstić information content (AvgIpc) is 2.72. The Morgan fingerprint density at radius 3 is 2.48 bits per heavy atom. The van der Waals surface area contributed by atoms with Crippen LogP contribution in [-0.4, -0.2) is 20.8 Å². The molecule has 4 nitrogen and oxygen atoms in total. The lowest BCUT2D eigenvalue weighted by Gasteiger charge is -2.33. The van der Waals surface area contributed by atoms with Crippen molar-refractivity contribution in [3.8, 4) is 0 Å². The summed E-state index contributed by atoms with van der Waals surface area (Å²) >= 11 is 0. The number of aryl methyl sites for hydroxylation is 2. The zero-order valence-corrected chi connectivity index (χ0v) is 15.4. The van der Waals surface area contributed by atoms with Crippen LogP contribution in [0.5, 0.6) is 0 Å². The highest BCUT2D eigenvalue weighted by Crippen LogP contribution is 2.27. The highest BCUT2D eigenvalue weighted by atomic mass is 16.2. The van der Waals surface area contributed by atoms with Crippen molar-refractivity contribution in [1.29, 1.82) is 0 Å². The largest absolute Gasteiger partial charge is 0.346 e. The minimum absolute atomic E-state index is 0.0487. The number of fused-ring (bicyclic) bond motifs is 1. The number of amides is 1. The molecule has 0 spiro atoms. The molecule has 0 fully saturated rings. The molecule has 2 aromatic heterocycles. The number of nitrogens with zero attached hydrogens (tertiary/aromatic N) is 2. The van der Waals surface area contributed by atoms with Crippen molar-refractivity contribution in [3.05, 3.63) is 35.3 Å². The molecule has 0 saturated heterocycles. The van der Waals surface area contributed by atoms with Gasteiger partial charge in [0.25, 0.3) is 5.91 Å². The molecule has 0 bridgehead atoms. The van der Waals surface area contributed by atoms with Crippen LogP contribution >= 0.6 is 0 Å². The van der Waals surface area contributed by atoms with Crippen molar-refractivity contribution < 1.29 is 4.79 Å². The van der Waals surface area contributed by atoms with Gasteiger partial charge in [0.1, 0.15) is 11.3 Å². The Labute approximate surface area is 139 Å². The number of rotatable bonds is 4. The van der Waals surface area contributed by atoms with E-state index in [2.05, 4.69) is 44.9 Å². The van der Waals surface area contributed by atoms with E-state index >= 15 is 0 Å². The molecule has 0 saturated carbocycles. The summed E-state index contributed by atoms with van der Waals surface area (Å²) in [5.74, 6) is -0.0487. The van der Waals surface area contributed by atoms with Gasteiger partial charge in [-0.2, -0.15) is 0 Å². The van der Waals surface area contributed by atoms with Crippen LogP contribution < -0.4 is 5.32 Å². The van der Waals surface area contributed by atoms with Crippen LogP contribution in [0, 0.1) is 12.3 Å². The minimum Gasteiger partial charge on any atom is -0.346 e. The molecule has 0 unspecified atom stereocenters. The van der Waals surface area contributed by atoms with Gasteiger partial charge in [0.15, 0.2) is 0 Å². The van der Waals surface area contributed by atoms with Gasteiger partial charge in [0.05, 0.1) is 5.69 Å². The van der Waals surface area contributed by atoms with Crippen LogP contribution in [0.4, 0.5) is 0 Å². The first-order valence-corrected chi connectivity index (χ1v) is 8.32. The fourth-order valence-electron chi connectivity index (χ4n) is 3.42. The van der Waals surface area contributed by atoms with Gasteiger partial charge in [-0.1, -0.05) is 27.7 Å². The molecule has 126 valence electrons. The summed E-state index contributed by atoms with van der Waals surface area (Å²) in [6, 6.07) is 4.02. The van der Waals surface area contributed by atoms with Crippen molar-refractivity contribution in [1.82, 2.24) is 14.7 Å². The second-order valence-corrected chi connectivity index (χ2v) is 8.27. The monoisotopic (exact) mass is 315 g/mol. The Balaban J connectivity index is 2.37. The van der Waals surface area contributed by atoms with E-state index in [0.717, 1.165) is 29.7 Å². The van der Waals surface area contributed by atoms with Crippen LogP contribution in [-0.2, 0) is 6.42 Å². The number of carbonyl (C=O) groups excluding carboxylic acids is 1. The molecule has 0 aliphatic carbocycles. The smallest absolute Gasteiger partial charge is 0.270 e. The molecule has 0 atom stereocenters. The molecule has 0 radical (unpaired) electrons. The summed E-state index contributed by atoms with van der Waals surface area (Å²) in [6.07, 6.45) is 3.58. The van der Waals surface area contributed by atoms with Gasteiger partial charge in [-0.25, -0.2) is 4.98 Å². The molecule has 2 aromatic rings. The summed E-state index contributed by atoms with van der Waals surface area (Å²) in [5, 5.41) is 3.20. The second kappa shape index (κ2) is 5.99. The molecule has 4 heteroatoms. The lowest BCUT2D eigenvalue weighted by Crippen LogP contribution is -2.46. The van der Waals surface area contributed by atoms with Crippen molar-refractivity contribution in [2.24, 2.45) is 5.41 Å². The Bertz CT molecular complexity index is 720. The quantitative estimate of drug-likeness (QED) is 0.921. The lowest BCUT2D eigenvalue weighted by molar-refractivity contribution is 0.0884. The molecule has 1 amide bonds. The van der Waals surface area contributed by atoms with Crippen molar-refractivity contribution in [2.75, 3.05) is 0 Å². The molecule has 2 heterocycles. The predicted molar refractivity (Wildman–Crippen MR) is 94.9 cm³/mol. The molecule has 0 aromatic carbocycles. The molecule has 2 rings (SSSR count). The lowest BCUT2D eigenvalue weighted by atomic mass is 9.82. The second-order valence-electron chi connectivity index (χ2n) is 8.27. The van der Waals surface area contributed by atoms with E-state index in [1.54, 1.807) is 0 Å². The van der Waals surface area contributed by atoms with E-state index in [9.17, 15) is 4.79 Å². The third-order valence-electron chi connectivity index (χ3n) is 3.83. The van der Waals surface area contributed by atoms with Gasteiger partial charge in [0, 0.05) is 11.7 Å². The van der Waals surface area contributed by atoms with E-state index in [-0.39, 0.29) is 16.9 Å². The maximum absolute atomic E-state index is 12.9. The summed E-state index contributed by atoms with van der Waals surface area (Å²) in [7, 11) is 0. The zero-order chi connectivity index (χ0) is 17.4. The predicted octanol–water partition coefficient (Wildman–Crippen LogP) is 4.15. The van der Waals surface area contributed by atoms with Crippen LogP contribution in [0.3, 0.4) is 0 Å². The summed E-state index contributed by atoms with van der Waals surface area (Å²) in [4.78, 5) is 17.5. The molecule has 0 aliphatic rings. The first-order valence-electron chi connectivity index (χ1n) is 8.32. The van der Waals surface area contributed by atoms with Gasteiger partial charge >= 0.3 is 0 Å². The molecular formula is C19H29N3O. The van der Waals surface area contributed by atoms with E-state index in [1.807, 2.05) is 36.6 Å². The van der Waals surface area contributed by atoms with Gasteiger partial charge in [-0.3, -0.25) is 9.20 Å². The van der Waals surface area contributed by atoms with Crippen molar-refractivity contribution in [3.63, 3.8) is 0 Å². The zero-order valence-electron chi connectivity index (χ0n) is 15.4. The van der Waals surface area contributed by atoms with Gasteiger partial charge < -0.3 is 5.32 Å². The first kappa shape index (κ1) is 17.5. The van der Waals surface area contributed by atoms with Gasteiger partial charge in [-0.15, -0.1) is 0 Å². The standard InChI is InChI=1S/C19H29N3O/c1-8-14-16(22-10-9-13(2)11-15(22)20-14)17(23)21-19(6,7)12-18(3,4)5/h9-11H,8,12H2,1-7H3,(H,21,23). The van der Waals surface area contributed by atoms with Crippen molar-refractivity contribution >= 4 is 11.6 Å². The highest BCUT2D eigenvalue weighted by molar-refractivity contribution is 5.95. The van der Waals surface area contributed by atoms with E-state index in [0.29, 0.717) is 5.69 Å². The number of imidazole rings is 1. The van der Waals surface area contributed by atoms with Crippen LogP contribution in [0.1, 0.15) is 69.7 Å². The highest BCUT2D eigenvalue weighted by Gasteiger charge is 2.29.